The van der Waals surface area contributed by atoms with Crippen molar-refractivity contribution in [3.8, 4) is 0 Å². The molecule has 0 spiro atoms. The van der Waals surface area contributed by atoms with Crippen LogP contribution in [0.4, 0.5) is 0 Å². The highest BCUT2D eigenvalue weighted by Crippen LogP contribution is 2.35. The van der Waals surface area contributed by atoms with Crippen molar-refractivity contribution in [3.05, 3.63) is 35.9 Å². The van der Waals surface area contributed by atoms with Crippen molar-refractivity contribution in [1.29, 1.82) is 0 Å². The van der Waals surface area contributed by atoms with Crippen molar-refractivity contribution in [3.63, 3.8) is 0 Å². The van der Waals surface area contributed by atoms with E-state index in [0.29, 0.717) is 0 Å². The van der Waals surface area contributed by atoms with Gasteiger partial charge in [0, 0.05) is 6.42 Å². The zero-order valence-corrected chi connectivity index (χ0v) is 11.1. The van der Waals surface area contributed by atoms with Gasteiger partial charge in [-0.05, 0) is 18.4 Å². The minimum Gasteiger partial charge on any atom is -0.394 e. The molecule has 1 heterocycles. The van der Waals surface area contributed by atoms with Crippen LogP contribution in [0.2, 0.25) is 0 Å². The molecule has 0 aliphatic carbocycles. The van der Waals surface area contributed by atoms with Gasteiger partial charge in [-0.25, -0.2) is 0 Å². The number of benzene rings is 1. The van der Waals surface area contributed by atoms with Crippen molar-refractivity contribution < 1.29 is 14.6 Å². The number of hydrogen-bond acceptors (Lipinski definition) is 3. The first kappa shape index (κ1) is 13.5. The van der Waals surface area contributed by atoms with Crippen LogP contribution in [0.15, 0.2) is 30.3 Å². The molecule has 1 N–H and O–H groups in total. The van der Waals surface area contributed by atoms with Crippen LogP contribution >= 0.6 is 0 Å². The van der Waals surface area contributed by atoms with Crippen LogP contribution in [0.1, 0.15) is 32.3 Å². The first-order valence-electron chi connectivity index (χ1n) is 6.73. The van der Waals surface area contributed by atoms with E-state index < -0.39 is 5.79 Å². The smallest absolute Gasteiger partial charge is 0.168 e. The van der Waals surface area contributed by atoms with Gasteiger partial charge in [-0.3, -0.25) is 0 Å². The Hall–Kier alpha value is -0.900. The summed E-state index contributed by atoms with van der Waals surface area (Å²) in [5, 5.41) is 9.43. The Morgan fingerprint density at radius 3 is 2.22 bits per heavy atom. The number of aliphatic hydroxyl groups excluding tert-OH is 1. The Labute approximate surface area is 109 Å². The Morgan fingerprint density at radius 2 is 1.67 bits per heavy atom. The Balaban J connectivity index is 2.08. The molecule has 3 heteroatoms. The lowest BCUT2D eigenvalue weighted by atomic mass is 10.0. The van der Waals surface area contributed by atoms with E-state index in [1.54, 1.807) is 0 Å². The molecule has 0 unspecified atom stereocenters. The van der Waals surface area contributed by atoms with Gasteiger partial charge < -0.3 is 14.6 Å². The molecule has 1 aromatic rings. The van der Waals surface area contributed by atoms with Crippen LogP contribution in [0, 0.1) is 0 Å². The number of aliphatic hydroxyl groups is 1. The largest absolute Gasteiger partial charge is 0.394 e. The van der Waals surface area contributed by atoms with E-state index >= 15 is 0 Å². The molecule has 18 heavy (non-hydrogen) atoms. The standard InChI is InChI=1S/C15H22O3/c1-3-15(4-2)17-13(14(11-16)18-15)10-12-8-6-5-7-9-12/h5-9,13-14,16H,3-4,10-11H2,1-2H3/t13-,14-/m1/s1. The molecule has 1 aliphatic rings. The maximum absolute atomic E-state index is 9.43. The van der Waals surface area contributed by atoms with Crippen LogP contribution in [0.25, 0.3) is 0 Å². The summed E-state index contributed by atoms with van der Waals surface area (Å²) in [5.41, 5.74) is 1.22. The fourth-order valence-corrected chi connectivity index (χ4v) is 2.49. The van der Waals surface area contributed by atoms with Gasteiger partial charge in [0.1, 0.15) is 6.10 Å². The molecule has 1 aromatic carbocycles. The fourth-order valence-electron chi connectivity index (χ4n) is 2.49. The zero-order valence-electron chi connectivity index (χ0n) is 11.1. The fraction of sp³-hybridized carbons (Fsp3) is 0.600. The normalized spacial score (nSPS) is 26.4. The molecule has 0 saturated carbocycles. The van der Waals surface area contributed by atoms with Crippen molar-refractivity contribution in [2.24, 2.45) is 0 Å². The maximum Gasteiger partial charge on any atom is 0.168 e. The lowest BCUT2D eigenvalue weighted by molar-refractivity contribution is -0.181. The van der Waals surface area contributed by atoms with Gasteiger partial charge in [0.2, 0.25) is 0 Å². The van der Waals surface area contributed by atoms with E-state index in [4.69, 9.17) is 9.47 Å². The molecule has 100 valence electrons. The van der Waals surface area contributed by atoms with E-state index in [-0.39, 0.29) is 18.8 Å². The van der Waals surface area contributed by atoms with Crippen molar-refractivity contribution in [2.45, 2.75) is 51.1 Å². The number of ether oxygens (including phenoxy) is 2. The van der Waals surface area contributed by atoms with E-state index in [0.717, 1.165) is 19.3 Å². The quantitative estimate of drug-likeness (QED) is 0.872. The van der Waals surface area contributed by atoms with Crippen LogP contribution in [-0.4, -0.2) is 29.7 Å². The Morgan fingerprint density at radius 1 is 1.06 bits per heavy atom. The van der Waals surface area contributed by atoms with Crippen LogP contribution in [-0.2, 0) is 15.9 Å². The summed E-state index contributed by atoms with van der Waals surface area (Å²) in [5.74, 6) is -0.507. The summed E-state index contributed by atoms with van der Waals surface area (Å²) >= 11 is 0. The monoisotopic (exact) mass is 250 g/mol. The Kier molecular flexibility index (Phi) is 4.38. The van der Waals surface area contributed by atoms with Gasteiger partial charge in [0.25, 0.3) is 0 Å². The molecular weight excluding hydrogens is 228 g/mol. The number of hydrogen-bond donors (Lipinski definition) is 1. The molecule has 0 aromatic heterocycles. The summed E-state index contributed by atoms with van der Waals surface area (Å²) in [4.78, 5) is 0. The third-order valence-corrected chi connectivity index (χ3v) is 3.68. The molecule has 2 rings (SSSR count). The second kappa shape index (κ2) is 5.83. The topological polar surface area (TPSA) is 38.7 Å². The molecule has 1 aliphatic heterocycles. The minimum absolute atomic E-state index is 0.0131. The average Bonchev–Trinajstić information content (AvgIpc) is 2.79. The average molecular weight is 250 g/mol. The Bertz CT molecular complexity index is 359. The van der Waals surface area contributed by atoms with Gasteiger partial charge in [0.15, 0.2) is 5.79 Å². The second-order valence-corrected chi connectivity index (χ2v) is 4.80. The zero-order chi connectivity index (χ0) is 13.0. The van der Waals surface area contributed by atoms with Gasteiger partial charge in [-0.15, -0.1) is 0 Å². The third kappa shape index (κ3) is 2.74. The van der Waals surface area contributed by atoms with Gasteiger partial charge >= 0.3 is 0 Å². The van der Waals surface area contributed by atoms with E-state index in [1.807, 2.05) is 18.2 Å². The van der Waals surface area contributed by atoms with E-state index in [2.05, 4.69) is 26.0 Å². The van der Waals surface area contributed by atoms with Crippen molar-refractivity contribution in [2.75, 3.05) is 6.61 Å². The number of rotatable bonds is 5. The summed E-state index contributed by atoms with van der Waals surface area (Å²) in [6.45, 7) is 4.13. The lowest BCUT2D eigenvalue weighted by Crippen LogP contribution is -2.29. The molecule has 0 bridgehead atoms. The first-order valence-corrected chi connectivity index (χ1v) is 6.73. The summed E-state index contributed by atoms with van der Waals surface area (Å²) < 4.78 is 12.0. The molecule has 0 amide bonds. The molecule has 2 atom stereocenters. The molecule has 1 saturated heterocycles. The highest BCUT2D eigenvalue weighted by molar-refractivity contribution is 5.16. The van der Waals surface area contributed by atoms with E-state index in [1.165, 1.54) is 5.56 Å². The molecule has 0 radical (unpaired) electrons. The summed E-state index contributed by atoms with van der Waals surface area (Å²) in [6.07, 6.45) is 2.13. The molecule has 1 fully saturated rings. The lowest BCUT2D eigenvalue weighted by Gasteiger charge is -2.25. The summed E-state index contributed by atoms with van der Waals surface area (Å²) in [6, 6.07) is 10.2. The van der Waals surface area contributed by atoms with Crippen LogP contribution in [0.5, 0.6) is 0 Å². The van der Waals surface area contributed by atoms with Crippen LogP contribution < -0.4 is 0 Å². The first-order chi connectivity index (χ1) is 8.73. The van der Waals surface area contributed by atoms with Crippen molar-refractivity contribution >= 4 is 0 Å². The van der Waals surface area contributed by atoms with E-state index in [9.17, 15) is 5.11 Å². The maximum atomic E-state index is 9.43. The molecular formula is C15H22O3. The molecule has 3 nitrogen and oxygen atoms in total. The van der Waals surface area contributed by atoms with Gasteiger partial charge in [-0.2, -0.15) is 0 Å². The predicted octanol–water partition coefficient (Wildman–Crippen LogP) is 2.52. The third-order valence-electron chi connectivity index (χ3n) is 3.68. The second-order valence-electron chi connectivity index (χ2n) is 4.80. The summed E-state index contributed by atoms with van der Waals surface area (Å²) in [7, 11) is 0. The highest BCUT2D eigenvalue weighted by atomic mass is 16.8. The predicted molar refractivity (Wildman–Crippen MR) is 70.3 cm³/mol. The van der Waals surface area contributed by atoms with Gasteiger partial charge in [-0.1, -0.05) is 44.2 Å². The van der Waals surface area contributed by atoms with Crippen LogP contribution in [0.3, 0.4) is 0 Å². The van der Waals surface area contributed by atoms with Gasteiger partial charge in [0.05, 0.1) is 12.7 Å². The minimum atomic E-state index is -0.507. The highest BCUT2D eigenvalue weighted by Gasteiger charge is 2.44. The SMILES string of the molecule is CCC1(CC)O[C@H](CO)[C@@H](Cc2ccccc2)O1. The van der Waals surface area contributed by atoms with Crippen molar-refractivity contribution in [1.82, 2.24) is 0 Å².